The zero-order chi connectivity index (χ0) is 23.5. The highest BCUT2D eigenvalue weighted by Gasteiger charge is 2.57. The molecule has 0 spiro atoms. The lowest BCUT2D eigenvalue weighted by atomic mass is 9.45. The van der Waals surface area contributed by atoms with Crippen molar-refractivity contribution < 1.29 is 5.11 Å². The summed E-state index contributed by atoms with van der Waals surface area (Å²) in [5.74, 6) is 1.02. The lowest BCUT2D eigenvalue weighted by Gasteiger charge is -2.60. The van der Waals surface area contributed by atoms with Crippen LogP contribution in [0.2, 0.25) is 0 Å². The number of hydrogen-bond acceptors (Lipinski definition) is 1. The number of nitrogens with one attached hydrogen (secondary N) is 1. The van der Waals surface area contributed by atoms with Crippen LogP contribution < -0.4 is 0 Å². The summed E-state index contributed by atoms with van der Waals surface area (Å²) in [5.41, 5.74) is 5.62. The molecule has 0 aliphatic heterocycles. The molecule has 0 amide bonds. The molecule has 2 aliphatic carbocycles. The Morgan fingerprint density at radius 3 is 2.62 bits per heavy atom. The molecule has 2 fully saturated rings. The van der Waals surface area contributed by atoms with Gasteiger partial charge in [-0.2, -0.15) is 0 Å². The van der Waals surface area contributed by atoms with Crippen molar-refractivity contribution in [1.29, 1.82) is 0 Å². The number of aromatic amines is 1. The quantitative estimate of drug-likeness (QED) is 0.456. The highest BCUT2D eigenvalue weighted by atomic mass is 16.3. The van der Waals surface area contributed by atoms with Gasteiger partial charge in [-0.25, -0.2) is 0 Å². The maximum absolute atomic E-state index is 11.1. The van der Waals surface area contributed by atoms with Crippen LogP contribution in [0.3, 0.4) is 0 Å². The third-order valence-electron chi connectivity index (χ3n) is 8.69. The molecule has 2 aliphatic rings. The van der Waals surface area contributed by atoms with Crippen LogP contribution in [0, 0.1) is 22.7 Å². The summed E-state index contributed by atoms with van der Waals surface area (Å²) in [6.07, 6.45) is 11.8. The van der Waals surface area contributed by atoms with Gasteiger partial charge in [0.15, 0.2) is 0 Å². The van der Waals surface area contributed by atoms with E-state index in [4.69, 9.17) is 0 Å². The van der Waals surface area contributed by atoms with Gasteiger partial charge in [0, 0.05) is 17.1 Å². The Bertz CT molecular complexity index is 949. The Balaban J connectivity index is 0.00000141. The zero-order valence-corrected chi connectivity index (χ0v) is 21.3. The van der Waals surface area contributed by atoms with Gasteiger partial charge in [0.2, 0.25) is 0 Å². The van der Waals surface area contributed by atoms with Gasteiger partial charge in [-0.3, -0.25) is 0 Å². The maximum atomic E-state index is 11.1. The Kier molecular flexibility index (Phi) is 7.76. The number of fused-ring (bicyclic) bond motifs is 2. The van der Waals surface area contributed by atoms with Crippen molar-refractivity contribution in [2.24, 2.45) is 22.7 Å². The average molecular weight is 436 g/mol. The zero-order valence-electron chi connectivity index (χ0n) is 21.3. The Labute approximate surface area is 196 Å². The topological polar surface area (TPSA) is 36.0 Å². The SMILES string of the molecule is C=C1CCC2[C@](C)(CC[C@H](O)[C@@]2(C)CCC=C(C)C)[C@@H]1Cc1c[nH]c2ccccc12.CC. The minimum absolute atomic E-state index is 0.0158. The molecular formula is C30H45NO. The van der Waals surface area contributed by atoms with E-state index in [1.54, 1.807) is 0 Å². The second kappa shape index (κ2) is 10.00. The van der Waals surface area contributed by atoms with Crippen LogP contribution in [0.4, 0.5) is 0 Å². The fourth-order valence-corrected chi connectivity index (χ4v) is 6.89. The second-order valence-corrected chi connectivity index (χ2v) is 10.8. The van der Waals surface area contributed by atoms with Gasteiger partial charge in [-0.05, 0) is 93.1 Å². The largest absolute Gasteiger partial charge is 0.393 e. The normalized spacial score (nSPS) is 32.1. The number of aliphatic hydroxyl groups excluding tert-OH is 1. The monoisotopic (exact) mass is 435 g/mol. The first-order chi connectivity index (χ1) is 15.3. The van der Waals surface area contributed by atoms with E-state index >= 15 is 0 Å². The van der Waals surface area contributed by atoms with Gasteiger partial charge in [-0.1, -0.05) is 69.7 Å². The van der Waals surface area contributed by atoms with Crippen molar-refractivity contribution >= 4 is 10.9 Å². The second-order valence-electron chi connectivity index (χ2n) is 10.8. The fourth-order valence-electron chi connectivity index (χ4n) is 6.89. The van der Waals surface area contributed by atoms with Gasteiger partial charge in [-0.15, -0.1) is 0 Å². The molecule has 1 unspecified atom stereocenters. The highest BCUT2D eigenvalue weighted by molar-refractivity contribution is 5.83. The minimum Gasteiger partial charge on any atom is -0.393 e. The number of hydrogen-bond donors (Lipinski definition) is 2. The minimum atomic E-state index is -0.193. The van der Waals surface area contributed by atoms with E-state index in [0.29, 0.717) is 11.8 Å². The van der Waals surface area contributed by atoms with Crippen LogP contribution >= 0.6 is 0 Å². The van der Waals surface area contributed by atoms with Gasteiger partial charge >= 0.3 is 0 Å². The summed E-state index contributed by atoms with van der Waals surface area (Å²) in [4.78, 5) is 3.46. The Hall–Kier alpha value is -1.80. The van der Waals surface area contributed by atoms with Crippen LogP contribution in [0.1, 0.15) is 85.6 Å². The summed E-state index contributed by atoms with van der Waals surface area (Å²) in [5, 5.41) is 12.5. The molecule has 1 aromatic heterocycles. The molecule has 2 aromatic rings. The molecule has 2 nitrogen and oxygen atoms in total. The van der Waals surface area contributed by atoms with Crippen molar-refractivity contribution in [3.05, 3.63) is 59.8 Å². The molecule has 0 bridgehead atoms. The number of H-pyrrole nitrogens is 1. The molecule has 0 radical (unpaired) electrons. The van der Waals surface area contributed by atoms with Crippen LogP contribution in [0.5, 0.6) is 0 Å². The van der Waals surface area contributed by atoms with Gasteiger partial charge in [0.25, 0.3) is 0 Å². The Morgan fingerprint density at radius 2 is 1.91 bits per heavy atom. The maximum Gasteiger partial charge on any atom is 0.0597 e. The molecule has 5 atom stereocenters. The predicted molar refractivity (Wildman–Crippen MR) is 139 cm³/mol. The lowest BCUT2D eigenvalue weighted by Crippen LogP contribution is -2.56. The first-order valence-corrected chi connectivity index (χ1v) is 12.8. The first-order valence-electron chi connectivity index (χ1n) is 12.8. The third kappa shape index (κ3) is 4.49. The number of benzene rings is 1. The molecule has 2 N–H and O–H groups in total. The molecule has 1 aromatic carbocycles. The number of aromatic nitrogens is 1. The lowest BCUT2D eigenvalue weighted by molar-refractivity contribution is -0.136. The van der Waals surface area contributed by atoms with Crippen LogP contribution in [-0.2, 0) is 6.42 Å². The van der Waals surface area contributed by atoms with Crippen LogP contribution in [0.25, 0.3) is 10.9 Å². The van der Waals surface area contributed by atoms with Crippen molar-refractivity contribution in [2.75, 3.05) is 0 Å². The molecule has 0 saturated heterocycles. The van der Waals surface area contributed by atoms with Crippen LogP contribution in [-0.4, -0.2) is 16.2 Å². The van der Waals surface area contributed by atoms with Crippen molar-refractivity contribution in [2.45, 2.75) is 92.6 Å². The van der Waals surface area contributed by atoms with Crippen molar-refractivity contribution in [1.82, 2.24) is 4.98 Å². The predicted octanol–water partition coefficient (Wildman–Crippen LogP) is 8.23. The summed E-state index contributed by atoms with van der Waals surface area (Å²) < 4.78 is 0. The molecule has 4 rings (SSSR count). The first kappa shape index (κ1) is 24.8. The molecule has 2 saturated carbocycles. The van der Waals surface area contributed by atoms with E-state index in [9.17, 15) is 5.11 Å². The van der Waals surface area contributed by atoms with Gasteiger partial charge in [0.05, 0.1) is 6.10 Å². The van der Waals surface area contributed by atoms with Crippen molar-refractivity contribution in [3.8, 4) is 0 Å². The number of aliphatic hydroxyl groups is 1. The fraction of sp³-hybridized carbons (Fsp3) is 0.600. The third-order valence-corrected chi connectivity index (χ3v) is 8.69. The smallest absolute Gasteiger partial charge is 0.0597 e. The standard InChI is InChI=1S/C28H39NO.C2H6/c1-19(2)9-8-15-28(5)25-13-12-20(3)23(27(25,4)16-14-26(28)30)17-21-18-29-24-11-7-6-10-22(21)24;1-2/h6-7,9-11,18,23,25-26,29-30H,3,8,12-17H2,1-2,4-5H3;1-2H3/t23-,25?,26+,27-,28+;/m1./s1. The van der Waals surface area contributed by atoms with E-state index in [2.05, 4.69) is 75.8 Å². The summed E-state index contributed by atoms with van der Waals surface area (Å²) in [6, 6.07) is 8.63. The highest BCUT2D eigenvalue weighted by Crippen LogP contribution is 2.62. The molecule has 176 valence electrons. The van der Waals surface area contributed by atoms with Crippen molar-refractivity contribution in [3.63, 3.8) is 0 Å². The number of allylic oxidation sites excluding steroid dienone is 3. The molecule has 2 heteroatoms. The van der Waals surface area contributed by atoms with Gasteiger partial charge < -0.3 is 10.1 Å². The molecule has 32 heavy (non-hydrogen) atoms. The van der Waals surface area contributed by atoms with Crippen LogP contribution in [0.15, 0.2) is 54.3 Å². The van der Waals surface area contributed by atoms with E-state index in [1.165, 1.54) is 34.0 Å². The van der Waals surface area contributed by atoms with Gasteiger partial charge in [0.1, 0.15) is 0 Å². The average Bonchev–Trinajstić information content (AvgIpc) is 3.18. The number of rotatable bonds is 5. The summed E-state index contributed by atoms with van der Waals surface area (Å²) >= 11 is 0. The molecule has 1 heterocycles. The van der Waals surface area contributed by atoms with E-state index in [0.717, 1.165) is 38.5 Å². The number of para-hydroxylation sites is 1. The van der Waals surface area contributed by atoms with E-state index < -0.39 is 0 Å². The summed E-state index contributed by atoms with van der Waals surface area (Å²) in [6.45, 7) is 17.8. The summed E-state index contributed by atoms with van der Waals surface area (Å²) in [7, 11) is 0. The van der Waals surface area contributed by atoms with E-state index in [1.807, 2.05) is 13.8 Å². The molecular weight excluding hydrogens is 390 g/mol. The Morgan fingerprint density at radius 1 is 1.19 bits per heavy atom. The van der Waals surface area contributed by atoms with E-state index in [-0.39, 0.29) is 16.9 Å².